The van der Waals surface area contributed by atoms with E-state index in [4.69, 9.17) is 4.42 Å². The minimum atomic E-state index is -1.000. The standard InChI is InChI=1S/C10H13BrO3/c11-7-3-6-14-8(7)9(12)10(13)4-1-2-5-10/h3,6,9,12-13H,1-2,4-5H2. The average molecular weight is 261 g/mol. The van der Waals surface area contributed by atoms with Crippen molar-refractivity contribution in [3.05, 3.63) is 22.6 Å². The molecule has 2 N–H and O–H groups in total. The van der Waals surface area contributed by atoms with E-state index in [0.717, 1.165) is 12.8 Å². The lowest BCUT2D eigenvalue weighted by Crippen LogP contribution is -2.32. The van der Waals surface area contributed by atoms with Gasteiger partial charge in [-0.25, -0.2) is 0 Å². The molecule has 78 valence electrons. The van der Waals surface area contributed by atoms with Crippen LogP contribution in [0.3, 0.4) is 0 Å². The lowest BCUT2D eigenvalue weighted by Gasteiger charge is -2.27. The number of aliphatic hydroxyl groups excluding tert-OH is 1. The van der Waals surface area contributed by atoms with Crippen molar-refractivity contribution in [1.29, 1.82) is 0 Å². The van der Waals surface area contributed by atoms with Crippen LogP contribution in [0.1, 0.15) is 37.5 Å². The maximum Gasteiger partial charge on any atom is 0.149 e. The van der Waals surface area contributed by atoms with Crippen LogP contribution in [0, 0.1) is 0 Å². The molecule has 4 heteroatoms. The normalized spacial score (nSPS) is 22.5. The van der Waals surface area contributed by atoms with Crippen molar-refractivity contribution in [2.45, 2.75) is 37.4 Å². The molecular weight excluding hydrogens is 248 g/mol. The zero-order valence-electron chi connectivity index (χ0n) is 7.74. The second kappa shape index (κ2) is 3.68. The molecule has 1 aromatic heterocycles. The molecule has 0 amide bonds. The predicted molar refractivity (Wildman–Crippen MR) is 54.8 cm³/mol. The summed E-state index contributed by atoms with van der Waals surface area (Å²) in [6.45, 7) is 0. The first-order valence-corrected chi connectivity index (χ1v) is 5.56. The predicted octanol–water partition coefficient (Wildman–Crippen LogP) is 2.38. The minimum absolute atomic E-state index is 0.425. The van der Waals surface area contributed by atoms with Crippen LogP contribution in [-0.2, 0) is 0 Å². The summed E-state index contributed by atoms with van der Waals surface area (Å²) in [5.74, 6) is 0.425. The van der Waals surface area contributed by atoms with Crippen molar-refractivity contribution < 1.29 is 14.6 Å². The van der Waals surface area contributed by atoms with Crippen molar-refractivity contribution in [3.63, 3.8) is 0 Å². The van der Waals surface area contributed by atoms with Crippen LogP contribution in [0.4, 0.5) is 0 Å². The van der Waals surface area contributed by atoms with E-state index in [9.17, 15) is 10.2 Å². The first-order valence-electron chi connectivity index (χ1n) is 4.77. The number of halogens is 1. The van der Waals surface area contributed by atoms with Gasteiger partial charge in [-0.1, -0.05) is 12.8 Å². The van der Waals surface area contributed by atoms with Crippen LogP contribution in [0.15, 0.2) is 21.2 Å². The Bertz CT molecular complexity index is 315. The van der Waals surface area contributed by atoms with Gasteiger partial charge in [-0.15, -0.1) is 0 Å². The third kappa shape index (κ3) is 1.62. The van der Waals surface area contributed by atoms with Crippen LogP contribution in [0.5, 0.6) is 0 Å². The van der Waals surface area contributed by atoms with Crippen molar-refractivity contribution in [2.24, 2.45) is 0 Å². The van der Waals surface area contributed by atoms with Crippen LogP contribution in [0.2, 0.25) is 0 Å². The largest absolute Gasteiger partial charge is 0.465 e. The summed E-state index contributed by atoms with van der Waals surface area (Å²) >= 11 is 3.27. The zero-order chi connectivity index (χ0) is 10.2. The van der Waals surface area contributed by atoms with E-state index >= 15 is 0 Å². The summed E-state index contributed by atoms with van der Waals surface area (Å²) in [4.78, 5) is 0. The number of aliphatic hydroxyl groups is 2. The fourth-order valence-electron chi connectivity index (χ4n) is 2.01. The molecule has 0 radical (unpaired) electrons. The van der Waals surface area contributed by atoms with Gasteiger partial charge in [0.1, 0.15) is 11.9 Å². The Kier molecular flexibility index (Phi) is 2.68. The van der Waals surface area contributed by atoms with Crippen molar-refractivity contribution in [1.82, 2.24) is 0 Å². The first kappa shape index (κ1) is 10.2. The lowest BCUT2D eigenvalue weighted by atomic mass is 9.93. The van der Waals surface area contributed by atoms with Gasteiger partial charge in [0, 0.05) is 0 Å². The van der Waals surface area contributed by atoms with E-state index in [-0.39, 0.29) is 0 Å². The average Bonchev–Trinajstić information content (AvgIpc) is 2.74. The Morgan fingerprint density at radius 3 is 2.57 bits per heavy atom. The molecule has 14 heavy (non-hydrogen) atoms. The van der Waals surface area contributed by atoms with Gasteiger partial charge in [-0.05, 0) is 34.8 Å². The lowest BCUT2D eigenvalue weighted by molar-refractivity contribution is -0.0810. The highest BCUT2D eigenvalue weighted by atomic mass is 79.9. The topological polar surface area (TPSA) is 53.6 Å². The molecule has 1 unspecified atom stereocenters. The molecule has 0 saturated heterocycles. The zero-order valence-corrected chi connectivity index (χ0v) is 9.33. The monoisotopic (exact) mass is 260 g/mol. The Labute approximate surface area is 90.9 Å². The van der Waals surface area contributed by atoms with Gasteiger partial charge in [0.05, 0.1) is 16.3 Å². The van der Waals surface area contributed by atoms with Crippen LogP contribution >= 0.6 is 15.9 Å². The van der Waals surface area contributed by atoms with Crippen molar-refractivity contribution in [3.8, 4) is 0 Å². The maximum atomic E-state index is 10.1. The first-order chi connectivity index (χ1) is 6.63. The van der Waals surface area contributed by atoms with E-state index in [2.05, 4.69) is 15.9 Å². The molecule has 1 aliphatic rings. The van der Waals surface area contributed by atoms with Gasteiger partial charge in [-0.3, -0.25) is 0 Å². The van der Waals surface area contributed by atoms with E-state index in [1.165, 1.54) is 6.26 Å². The Hall–Kier alpha value is -0.320. The third-order valence-electron chi connectivity index (χ3n) is 2.87. The highest BCUT2D eigenvalue weighted by molar-refractivity contribution is 9.10. The van der Waals surface area contributed by atoms with E-state index in [1.54, 1.807) is 6.07 Å². The number of hydrogen-bond acceptors (Lipinski definition) is 3. The maximum absolute atomic E-state index is 10.1. The Morgan fingerprint density at radius 2 is 2.07 bits per heavy atom. The highest BCUT2D eigenvalue weighted by Crippen LogP contribution is 2.41. The van der Waals surface area contributed by atoms with Gasteiger partial charge in [-0.2, -0.15) is 0 Å². The molecule has 1 heterocycles. The molecule has 1 saturated carbocycles. The third-order valence-corrected chi connectivity index (χ3v) is 3.53. The van der Waals surface area contributed by atoms with Crippen LogP contribution in [-0.4, -0.2) is 15.8 Å². The molecule has 0 aliphatic heterocycles. The second-order valence-corrected chi connectivity index (χ2v) is 4.70. The van der Waals surface area contributed by atoms with Crippen molar-refractivity contribution in [2.75, 3.05) is 0 Å². The Balaban J connectivity index is 2.23. The molecule has 1 fully saturated rings. The molecule has 2 rings (SSSR count). The van der Waals surface area contributed by atoms with Gasteiger partial charge in [0.2, 0.25) is 0 Å². The van der Waals surface area contributed by atoms with E-state index in [0.29, 0.717) is 23.1 Å². The quantitative estimate of drug-likeness (QED) is 0.859. The molecular formula is C10H13BrO3. The van der Waals surface area contributed by atoms with Gasteiger partial charge < -0.3 is 14.6 Å². The van der Waals surface area contributed by atoms with Crippen molar-refractivity contribution >= 4 is 15.9 Å². The summed E-state index contributed by atoms with van der Waals surface area (Å²) in [6, 6.07) is 1.72. The number of hydrogen-bond donors (Lipinski definition) is 2. The molecule has 0 bridgehead atoms. The van der Waals surface area contributed by atoms with Crippen LogP contribution in [0.25, 0.3) is 0 Å². The molecule has 3 nitrogen and oxygen atoms in total. The summed E-state index contributed by atoms with van der Waals surface area (Å²) in [5, 5.41) is 20.1. The van der Waals surface area contributed by atoms with Gasteiger partial charge in [0.25, 0.3) is 0 Å². The summed E-state index contributed by atoms with van der Waals surface area (Å²) < 4.78 is 5.86. The highest BCUT2D eigenvalue weighted by Gasteiger charge is 2.41. The molecule has 1 aliphatic carbocycles. The molecule has 0 spiro atoms. The van der Waals surface area contributed by atoms with Crippen LogP contribution < -0.4 is 0 Å². The summed E-state index contributed by atoms with van der Waals surface area (Å²) in [5.41, 5.74) is -1.000. The SMILES string of the molecule is OC(c1occc1Br)C1(O)CCCC1. The summed E-state index contributed by atoms with van der Waals surface area (Å²) in [7, 11) is 0. The minimum Gasteiger partial charge on any atom is -0.465 e. The summed E-state index contributed by atoms with van der Waals surface area (Å²) in [6.07, 6.45) is 3.79. The van der Waals surface area contributed by atoms with Gasteiger partial charge in [0.15, 0.2) is 0 Å². The van der Waals surface area contributed by atoms with E-state index < -0.39 is 11.7 Å². The van der Waals surface area contributed by atoms with E-state index in [1.807, 2.05) is 0 Å². The fourth-order valence-corrected chi connectivity index (χ4v) is 2.42. The fraction of sp³-hybridized carbons (Fsp3) is 0.600. The molecule has 1 aromatic rings. The Morgan fingerprint density at radius 1 is 1.43 bits per heavy atom. The molecule has 1 atom stereocenters. The van der Waals surface area contributed by atoms with Gasteiger partial charge >= 0.3 is 0 Å². The number of rotatable bonds is 2. The number of furan rings is 1. The molecule has 0 aromatic carbocycles. The second-order valence-electron chi connectivity index (χ2n) is 3.85. The smallest absolute Gasteiger partial charge is 0.149 e.